The first-order valence-electron chi connectivity index (χ1n) is 3.18. The van der Waals surface area contributed by atoms with Crippen molar-refractivity contribution in [1.82, 2.24) is 9.80 Å². The first-order valence-corrected chi connectivity index (χ1v) is 3.18. The second kappa shape index (κ2) is 2.38. The van der Waals surface area contributed by atoms with E-state index in [0.29, 0.717) is 24.8 Å². The van der Waals surface area contributed by atoms with E-state index in [2.05, 4.69) is 0 Å². The van der Waals surface area contributed by atoms with Crippen molar-refractivity contribution in [3.05, 3.63) is 0 Å². The summed E-state index contributed by atoms with van der Waals surface area (Å²) in [6.45, 7) is 1.30. The van der Waals surface area contributed by atoms with Gasteiger partial charge in [0.25, 0.3) is 0 Å². The molecule has 1 heterocycles. The first-order chi connectivity index (χ1) is 4.61. The Morgan fingerprint density at radius 3 is 1.90 bits per heavy atom. The summed E-state index contributed by atoms with van der Waals surface area (Å²) in [4.78, 5) is 3.56. The average Bonchev–Trinajstić information content (AvgIpc) is 1.82. The average molecular weight is 140 g/mol. The van der Waals surface area contributed by atoms with Gasteiger partial charge in [-0.25, -0.2) is 0 Å². The van der Waals surface area contributed by atoms with Crippen LogP contribution in [0.2, 0.25) is 0 Å². The molecular weight excluding hydrogens is 128 g/mol. The lowest BCUT2D eigenvalue weighted by Gasteiger charge is -2.31. The third kappa shape index (κ3) is 1.16. The van der Waals surface area contributed by atoms with Crippen LogP contribution in [-0.4, -0.2) is 48.7 Å². The van der Waals surface area contributed by atoms with Crippen molar-refractivity contribution in [3.63, 3.8) is 0 Å². The number of amidine groups is 2. The molecule has 10 heavy (non-hydrogen) atoms. The number of nitrogens with zero attached hydrogens (tertiary/aromatic N) is 2. The summed E-state index contributed by atoms with van der Waals surface area (Å²) in [7, 11) is 3.67. The van der Waals surface area contributed by atoms with Crippen LogP contribution in [0.3, 0.4) is 0 Å². The number of nitrogens with one attached hydrogen (secondary N) is 2. The van der Waals surface area contributed by atoms with Crippen LogP contribution in [0.15, 0.2) is 0 Å². The van der Waals surface area contributed by atoms with Gasteiger partial charge >= 0.3 is 0 Å². The molecule has 0 amide bonds. The monoisotopic (exact) mass is 140 g/mol. The van der Waals surface area contributed by atoms with Gasteiger partial charge in [-0.15, -0.1) is 0 Å². The molecule has 1 rings (SSSR count). The van der Waals surface area contributed by atoms with Gasteiger partial charge in [-0.2, -0.15) is 0 Å². The van der Waals surface area contributed by atoms with Gasteiger partial charge in [-0.3, -0.25) is 15.7 Å². The molecular formula is C6H12N4. The standard InChI is InChI=1S/C6H12N4/c1-9-3-5(7)10(2)6(8)4-9/h7-8H,3-4H2,1-2H3. The first kappa shape index (κ1) is 7.21. The molecule has 2 N–H and O–H groups in total. The number of hydrogen-bond donors (Lipinski definition) is 2. The zero-order valence-electron chi connectivity index (χ0n) is 6.31. The van der Waals surface area contributed by atoms with E-state index in [4.69, 9.17) is 10.8 Å². The largest absolute Gasteiger partial charge is 0.320 e. The minimum absolute atomic E-state index is 0.499. The Balaban J connectivity index is 2.66. The zero-order valence-corrected chi connectivity index (χ0v) is 6.31. The summed E-state index contributed by atoms with van der Waals surface area (Å²) in [5.74, 6) is 0.998. The van der Waals surface area contributed by atoms with E-state index < -0.39 is 0 Å². The number of rotatable bonds is 0. The highest BCUT2D eigenvalue weighted by Crippen LogP contribution is 1.99. The van der Waals surface area contributed by atoms with Crippen molar-refractivity contribution in [2.45, 2.75) is 0 Å². The van der Waals surface area contributed by atoms with Crippen LogP contribution < -0.4 is 0 Å². The molecule has 0 aliphatic carbocycles. The predicted molar refractivity (Wildman–Crippen MR) is 40.7 cm³/mol. The smallest absolute Gasteiger partial charge is 0.115 e. The Labute approximate surface area is 60.4 Å². The molecule has 0 atom stereocenters. The SMILES string of the molecule is CN1CC(=N)N(C)C(=N)C1. The molecule has 0 bridgehead atoms. The van der Waals surface area contributed by atoms with Crippen LogP contribution in [0.5, 0.6) is 0 Å². The maximum atomic E-state index is 7.40. The van der Waals surface area contributed by atoms with Gasteiger partial charge in [0.15, 0.2) is 0 Å². The van der Waals surface area contributed by atoms with Crippen molar-refractivity contribution < 1.29 is 0 Å². The van der Waals surface area contributed by atoms with Crippen molar-refractivity contribution in [3.8, 4) is 0 Å². The fourth-order valence-electron chi connectivity index (χ4n) is 0.942. The zero-order chi connectivity index (χ0) is 7.72. The summed E-state index contributed by atoms with van der Waals surface area (Å²) >= 11 is 0. The van der Waals surface area contributed by atoms with Gasteiger partial charge in [0.05, 0.1) is 13.1 Å². The van der Waals surface area contributed by atoms with Crippen molar-refractivity contribution in [2.75, 3.05) is 27.2 Å². The van der Waals surface area contributed by atoms with E-state index >= 15 is 0 Å². The third-order valence-electron chi connectivity index (χ3n) is 1.65. The van der Waals surface area contributed by atoms with Crippen LogP contribution >= 0.6 is 0 Å². The Morgan fingerprint density at radius 1 is 1.10 bits per heavy atom. The van der Waals surface area contributed by atoms with E-state index in [0.717, 1.165) is 0 Å². The molecule has 0 spiro atoms. The predicted octanol–water partition coefficient (Wildman–Crippen LogP) is -0.182. The van der Waals surface area contributed by atoms with Crippen molar-refractivity contribution in [2.24, 2.45) is 0 Å². The highest BCUT2D eigenvalue weighted by molar-refractivity contribution is 6.01. The number of piperazine rings is 1. The van der Waals surface area contributed by atoms with E-state index in [1.165, 1.54) is 0 Å². The van der Waals surface area contributed by atoms with Gasteiger partial charge in [-0.1, -0.05) is 0 Å². The second-order valence-corrected chi connectivity index (χ2v) is 2.62. The van der Waals surface area contributed by atoms with Gasteiger partial charge in [0.2, 0.25) is 0 Å². The van der Waals surface area contributed by atoms with Crippen LogP contribution in [0.25, 0.3) is 0 Å². The summed E-state index contributed by atoms with van der Waals surface area (Å²) < 4.78 is 0. The lowest BCUT2D eigenvalue weighted by Crippen LogP contribution is -2.49. The second-order valence-electron chi connectivity index (χ2n) is 2.62. The van der Waals surface area contributed by atoms with E-state index in [1.54, 1.807) is 11.9 Å². The molecule has 0 aromatic rings. The Morgan fingerprint density at radius 2 is 1.50 bits per heavy atom. The topological polar surface area (TPSA) is 54.2 Å². The molecule has 0 unspecified atom stereocenters. The molecule has 56 valence electrons. The number of likely N-dealkylation sites (N-methyl/N-ethyl adjacent to an activating group) is 2. The van der Waals surface area contributed by atoms with Crippen molar-refractivity contribution in [1.29, 1.82) is 10.8 Å². The quantitative estimate of drug-likeness (QED) is 0.490. The van der Waals surface area contributed by atoms with Gasteiger partial charge in [0, 0.05) is 7.05 Å². The fourth-order valence-corrected chi connectivity index (χ4v) is 0.942. The molecule has 0 aromatic heterocycles. The van der Waals surface area contributed by atoms with Gasteiger partial charge in [-0.05, 0) is 7.05 Å². The Bertz CT molecular complexity index is 157. The summed E-state index contributed by atoms with van der Waals surface area (Å²) in [6, 6.07) is 0. The highest BCUT2D eigenvalue weighted by atomic mass is 15.3. The molecule has 4 nitrogen and oxygen atoms in total. The third-order valence-corrected chi connectivity index (χ3v) is 1.65. The highest BCUT2D eigenvalue weighted by Gasteiger charge is 2.19. The summed E-state index contributed by atoms with van der Waals surface area (Å²) in [6.07, 6.45) is 0. The van der Waals surface area contributed by atoms with Crippen LogP contribution in [-0.2, 0) is 0 Å². The van der Waals surface area contributed by atoms with Crippen LogP contribution in [0.4, 0.5) is 0 Å². The van der Waals surface area contributed by atoms with Gasteiger partial charge in [0.1, 0.15) is 11.7 Å². The van der Waals surface area contributed by atoms with E-state index in [1.807, 2.05) is 11.9 Å². The molecule has 1 aliphatic rings. The maximum Gasteiger partial charge on any atom is 0.115 e. The van der Waals surface area contributed by atoms with Gasteiger partial charge < -0.3 is 4.90 Å². The molecule has 0 aromatic carbocycles. The fraction of sp³-hybridized carbons (Fsp3) is 0.667. The van der Waals surface area contributed by atoms with Crippen molar-refractivity contribution >= 4 is 11.7 Å². The lowest BCUT2D eigenvalue weighted by molar-refractivity contribution is 0.386. The molecule has 1 saturated heterocycles. The summed E-state index contributed by atoms with van der Waals surface area (Å²) in [5, 5.41) is 14.8. The Kier molecular flexibility index (Phi) is 1.72. The van der Waals surface area contributed by atoms with Crippen LogP contribution in [0, 0.1) is 10.8 Å². The maximum absolute atomic E-state index is 7.40. The molecule has 1 fully saturated rings. The molecule has 4 heteroatoms. The molecule has 1 aliphatic heterocycles. The minimum Gasteiger partial charge on any atom is -0.320 e. The molecule has 0 saturated carbocycles. The molecule has 0 radical (unpaired) electrons. The lowest BCUT2D eigenvalue weighted by atomic mass is 10.3. The van der Waals surface area contributed by atoms with E-state index in [-0.39, 0.29) is 0 Å². The Hall–Kier alpha value is -0.900. The number of hydrogen-bond acceptors (Lipinski definition) is 3. The summed E-state index contributed by atoms with van der Waals surface area (Å²) in [5.41, 5.74) is 0. The van der Waals surface area contributed by atoms with E-state index in [9.17, 15) is 0 Å². The minimum atomic E-state index is 0.499. The normalized spacial score (nSPS) is 22.0. The van der Waals surface area contributed by atoms with Crippen LogP contribution in [0.1, 0.15) is 0 Å².